The third-order valence-electron chi connectivity index (χ3n) is 3.58. The Balaban J connectivity index is 2.99. The summed E-state index contributed by atoms with van der Waals surface area (Å²) in [5.41, 5.74) is 9.11. The van der Waals surface area contributed by atoms with Crippen LogP contribution in [-0.4, -0.2) is 18.5 Å². The van der Waals surface area contributed by atoms with E-state index in [4.69, 9.17) is 5.73 Å². The molecule has 19 heavy (non-hydrogen) atoms. The summed E-state index contributed by atoms with van der Waals surface area (Å²) in [5, 5.41) is 3.07. The summed E-state index contributed by atoms with van der Waals surface area (Å²) in [7, 11) is 0. The van der Waals surface area contributed by atoms with Gasteiger partial charge in [-0.1, -0.05) is 30.7 Å². The molecule has 0 bridgehead atoms. The highest BCUT2D eigenvalue weighted by Crippen LogP contribution is 2.24. The lowest BCUT2D eigenvalue weighted by molar-refractivity contribution is -0.123. The molecule has 3 N–H and O–H groups in total. The van der Waals surface area contributed by atoms with Gasteiger partial charge in [0.25, 0.3) is 0 Å². The maximum Gasteiger partial charge on any atom is 0.227 e. The van der Waals surface area contributed by atoms with E-state index < -0.39 is 0 Å². The second kappa shape index (κ2) is 7.29. The molecule has 3 nitrogen and oxygen atoms in total. The molecule has 106 valence electrons. The van der Waals surface area contributed by atoms with Crippen LogP contribution in [0.4, 0.5) is 0 Å². The molecule has 0 saturated carbocycles. The smallest absolute Gasteiger partial charge is 0.227 e. The lowest BCUT2D eigenvalue weighted by Crippen LogP contribution is -2.36. The molecule has 0 spiro atoms. The Morgan fingerprint density at radius 3 is 2.63 bits per heavy atom. The van der Waals surface area contributed by atoms with E-state index >= 15 is 0 Å². The van der Waals surface area contributed by atoms with Crippen LogP contribution in [0.5, 0.6) is 0 Å². The van der Waals surface area contributed by atoms with Crippen molar-refractivity contribution in [1.82, 2.24) is 5.32 Å². The van der Waals surface area contributed by atoms with Gasteiger partial charge >= 0.3 is 0 Å². The predicted octanol–water partition coefficient (Wildman–Crippen LogP) is 2.65. The van der Waals surface area contributed by atoms with Crippen LogP contribution in [0.3, 0.4) is 0 Å². The van der Waals surface area contributed by atoms with Crippen LogP contribution < -0.4 is 11.1 Å². The molecule has 0 radical (unpaired) electrons. The first-order chi connectivity index (χ1) is 8.99. The van der Waals surface area contributed by atoms with Crippen LogP contribution in [0.2, 0.25) is 0 Å². The fourth-order valence-corrected chi connectivity index (χ4v) is 2.18. The van der Waals surface area contributed by atoms with Gasteiger partial charge in [0.2, 0.25) is 5.91 Å². The third kappa shape index (κ3) is 4.35. The molecule has 1 amide bonds. The predicted molar refractivity (Wildman–Crippen MR) is 80.2 cm³/mol. The number of nitrogens with two attached hydrogens (primary N) is 1. The van der Waals surface area contributed by atoms with Crippen LogP contribution in [0.1, 0.15) is 49.3 Å². The Bertz CT molecular complexity index is 429. The number of carbonyl (C=O) groups is 1. The summed E-state index contributed by atoms with van der Waals surface area (Å²) in [6.45, 7) is 8.72. The number of aryl methyl sites for hydroxylation is 2. The average Bonchev–Trinajstić information content (AvgIpc) is 2.38. The zero-order valence-corrected chi connectivity index (χ0v) is 12.5. The van der Waals surface area contributed by atoms with Gasteiger partial charge in [-0.05, 0) is 51.3 Å². The Morgan fingerprint density at radius 2 is 2.05 bits per heavy atom. The molecule has 0 fully saturated rings. The highest BCUT2D eigenvalue weighted by atomic mass is 16.1. The molecule has 0 saturated heterocycles. The first kappa shape index (κ1) is 15.7. The van der Waals surface area contributed by atoms with Gasteiger partial charge < -0.3 is 11.1 Å². The summed E-state index contributed by atoms with van der Waals surface area (Å²) in [6.07, 6.45) is 1.63. The minimum absolute atomic E-state index is 0.0912. The molecule has 0 aromatic heterocycles. The lowest BCUT2D eigenvalue weighted by Gasteiger charge is -2.21. The van der Waals surface area contributed by atoms with Crippen LogP contribution in [0, 0.1) is 13.8 Å². The minimum Gasteiger partial charge on any atom is -0.353 e. The lowest BCUT2D eigenvalue weighted by atomic mass is 9.89. The van der Waals surface area contributed by atoms with Crippen LogP contribution >= 0.6 is 0 Å². The molecule has 2 unspecified atom stereocenters. The van der Waals surface area contributed by atoms with E-state index in [1.165, 1.54) is 5.56 Å². The van der Waals surface area contributed by atoms with E-state index in [1.54, 1.807) is 0 Å². The van der Waals surface area contributed by atoms with Crippen molar-refractivity contribution in [2.24, 2.45) is 5.73 Å². The van der Waals surface area contributed by atoms with E-state index in [0.29, 0.717) is 13.0 Å². The highest BCUT2D eigenvalue weighted by Gasteiger charge is 2.22. The van der Waals surface area contributed by atoms with Crippen molar-refractivity contribution in [3.63, 3.8) is 0 Å². The summed E-state index contributed by atoms with van der Waals surface area (Å²) in [4.78, 5) is 12.4. The monoisotopic (exact) mass is 262 g/mol. The quantitative estimate of drug-likeness (QED) is 0.828. The number of hydrogen-bond donors (Lipinski definition) is 2. The second-order valence-electron chi connectivity index (χ2n) is 5.31. The van der Waals surface area contributed by atoms with Crippen LogP contribution in [0.25, 0.3) is 0 Å². The molecule has 1 aromatic rings. The first-order valence-corrected chi connectivity index (χ1v) is 7.07. The maximum atomic E-state index is 12.4. The van der Waals surface area contributed by atoms with E-state index in [2.05, 4.69) is 44.3 Å². The third-order valence-corrected chi connectivity index (χ3v) is 3.58. The van der Waals surface area contributed by atoms with Gasteiger partial charge in [-0.15, -0.1) is 0 Å². The average molecular weight is 262 g/mol. The summed E-state index contributed by atoms with van der Waals surface area (Å²) in [6, 6.07) is 6.46. The molecule has 3 heteroatoms. The van der Waals surface area contributed by atoms with E-state index in [-0.39, 0.29) is 17.9 Å². The molecular weight excluding hydrogens is 236 g/mol. The Kier molecular flexibility index (Phi) is 6.03. The normalized spacial score (nSPS) is 13.9. The molecule has 2 atom stereocenters. The van der Waals surface area contributed by atoms with Gasteiger partial charge in [0, 0.05) is 6.04 Å². The standard InChI is InChI=1S/C16H26N2O/c1-5-13(4)18-16(19)14(8-9-17)15-10-11(2)6-7-12(15)3/h6-7,10,13-14H,5,8-9,17H2,1-4H3,(H,18,19). The molecule has 0 heterocycles. The minimum atomic E-state index is -0.140. The van der Waals surface area contributed by atoms with Gasteiger partial charge in [-0.25, -0.2) is 0 Å². The van der Waals surface area contributed by atoms with E-state index in [0.717, 1.165) is 17.5 Å². The number of hydrogen-bond acceptors (Lipinski definition) is 2. The van der Waals surface area contributed by atoms with E-state index in [1.807, 2.05) is 6.92 Å². The van der Waals surface area contributed by atoms with Gasteiger partial charge in [-0.3, -0.25) is 4.79 Å². The van der Waals surface area contributed by atoms with E-state index in [9.17, 15) is 4.79 Å². The zero-order chi connectivity index (χ0) is 14.4. The van der Waals surface area contributed by atoms with Crippen molar-refractivity contribution in [2.45, 2.75) is 52.5 Å². The van der Waals surface area contributed by atoms with Gasteiger partial charge in [0.15, 0.2) is 0 Å². The molecule has 1 aromatic carbocycles. The summed E-state index contributed by atoms with van der Waals surface area (Å²) in [5.74, 6) is -0.0487. The number of amides is 1. The van der Waals surface area contributed by atoms with Crippen molar-refractivity contribution in [3.8, 4) is 0 Å². The number of rotatable bonds is 6. The molecule has 0 aliphatic rings. The number of benzene rings is 1. The van der Waals surface area contributed by atoms with Gasteiger partial charge in [0.1, 0.15) is 0 Å². The zero-order valence-electron chi connectivity index (χ0n) is 12.5. The first-order valence-electron chi connectivity index (χ1n) is 7.07. The number of nitrogens with one attached hydrogen (secondary N) is 1. The Hall–Kier alpha value is -1.35. The topological polar surface area (TPSA) is 55.1 Å². The Labute approximate surface area is 116 Å². The number of carbonyl (C=O) groups excluding carboxylic acids is 1. The largest absolute Gasteiger partial charge is 0.353 e. The van der Waals surface area contributed by atoms with Crippen molar-refractivity contribution < 1.29 is 4.79 Å². The van der Waals surface area contributed by atoms with Crippen molar-refractivity contribution in [1.29, 1.82) is 0 Å². The summed E-state index contributed by atoms with van der Waals surface area (Å²) >= 11 is 0. The van der Waals surface area contributed by atoms with Crippen LogP contribution in [-0.2, 0) is 4.79 Å². The van der Waals surface area contributed by atoms with Crippen molar-refractivity contribution in [3.05, 3.63) is 34.9 Å². The van der Waals surface area contributed by atoms with Gasteiger partial charge in [-0.2, -0.15) is 0 Å². The molecule has 0 aliphatic carbocycles. The SMILES string of the molecule is CCC(C)NC(=O)C(CCN)c1cc(C)ccc1C. The van der Waals surface area contributed by atoms with Gasteiger partial charge in [0.05, 0.1) is 5.92 Å². The molecule has 0 aliphatic heterocycles. The summed E-state index contributed by atoms with van der Waals surface area (Å²) < 4.78 is 0. The maximum absolute atomic E-state index is 12.4. The van der Waals surface area contributed by atoms with Crippen molar-refractivity contribution in [2.75, 3.05) is 6.54 Å². The van der Waals surface area contributed by atoms with Crippen LogP contribution in [0.15, 0.2) is 18.2 Å². The second-order valence-corrected chi connectivity index (χ2v) is 5.31. The highest BCUT2D eigenvalue weighted by molar-refractivity contribution is 5.84. The fourth-order valence-electron chi connectivity index (χ4n) is 2.18. The molecular formula is C16H26N2O. The fraction of sp³-hybridized carbons (Fsp3) is 0.562. The Morgan fingerprint density at radius 1 is 1.37 bits per heavy atom. The molecule has 1 rings (SSSR count). The van der Waals surface area contributed by atoms with Crippen molar-refractivity contribution >= 4 is 5.91 Å².